The third kappa shape index (κ3) is 8.57. The fraction of sp³-hybridized carbons (Fsp3) is 0.478. The summed E-state index contributed by atoms with van der Waals surface area (Å²) in [5.74, 6) is 1.49. The third-order valence-corrected chi connectivity index (χ3v) is 4.45. The van der Waals surface area contributed by atoms with Crippen molar-refractivity contribution in [3.8, 4) is 5.75 Å². The van der Waals surface area contributed by atoms with Gasteiger partial charge in [0.25, 0.3) is 0 Å². The number of methoxy groups -OCH3 is 1. The summed E-state index contributed by atoms with van der Waals surface area (Å²) >= 11 is 0. The lowest BCUT2D eigenvalue weighted by molar-refractivity contribution is 0.00789. The van der Waals surface area contributed by atoms with Crippen molar-refractivity contribution in [3.63, 3.8) is 0 Å². The van der Waals surface area contributed by atoms with Gasteiger partial charge in [0.2, 0.25) is 0 Å². The van der Waals surface area contributed by atoms with Gasteiger partial charge in [0.1, 0.15) is 5.75 Å². The summed E-state index contributed by atoms with van der Waals surface area (Å²) in [5, 5.41) is 10.5. The number of aliphatic hydroxyl groups excluding tert-OH is 1. The molecule has 0 aliphatic carbocycles. The van der Waals surface area contributed by atoms with Crippen LogP contribution in [0, 0.1) is 5.92 Å². The summed E-state index contributed by atoms with van der Waals surface area (Å²) in [7, 11) is 1.68. The number of ether oxygens (including phenoxy) is 2. The predicted octanol–water partition coefficient (Wildman–Crippen LogP) is 4.12. The highest BCUT2D eigenvalue weighted by atomic mass is 16.5. The predicted molar refractivity (Wildman–Crippen MR) is 110 cm³/mol. The zero-order valence-corrected chi connectivity index (χ0v) is 16.8. The van der Waals surface area contributed by atoms with Crippen LogP contribution in [-0.2, 0) is 17.9 Å². The van der Waals surface area contributed by atoms with Gasteiger partial charge in [0, 0.05) is 13.1 Å². The Labute approximate surface area is 163 Å². The Bertz CT molecular complexity index is 645. The lowest BCUT2D eigenvalue weighted by Gasteiger charge is -2.26. The van der Waals surface area contributed by atoms with Crippen LogP contribution in [0.2, 0.25) is 0 Å². The molecule has 1 N–H and O–H groups in total. The molecule has 0 bridgehead atoms. The smallest absolute Gasteiger partial charge is 0.119 e. The van der Waals surface area contributed by atoms with Crippen LogP contribution in [-0.4, -0.2) is 42.9 Å². The lowest BCUT2D eigenvalue weighted by Crippen LogP contribution is -2.35. The van der Waals surface area contributed by atoms with Crippen molar-refractivity contribution >= 4 is 0 Å². The van der Waals surface area contributed by atoms with Gasteiger partial charge in [-0.2, -0.15) is 0 Å². The van der Waals surface area contributed by atoms with Crippen molar-refractivity contribution in [2.24, 2.45) is 5.92 Å². The molecule has 0 radical (unpaired) electrons. The Morgan fingerprint density at radius 1 is 1.00 bits per heavy atom. The first kappa shape index (κ1) is 21.4. The number of nitrogens with zero attached hydrogens (tertiary/aromatic N) is 1. The molecule has 2 aromatic carbocycles. The normalized spacial score (nSPS) is 12.5. The maximum atomic E-state index is 10.5. The van der Waals surface area contributed by atoms with Crippen molar-refractivity contribution in [2.45, 2.75) is 39.5 Å². The molecule has 2 rings (SSSR count). The van der Waals surface area contributed by atoms with E-state index >= 15 is 0 Å². The van der Waals surface area contributed by atoms with Gasteiger partial charge >= 0.3 is 0 Å². The van der Waals surface area contributed by atoms with E-state index in [1.54, 1.807) is 7.11 Å². The van der Waals surface area contributed by atoms with Crippen LogP contribution in [0.4, 0.5) is 0 Å². The van der Waals surface area contributed by atoms with Crippen molar-refractivity contribution < 1.29 is 14.6 Å². The van der Waals surface area contributed by atoms with Crippen molar-refractivity contribution in [2.75, 3.05) is 26.8 Å². The van der Waals surface area contributed by atoms with Crippen LogP contribution in [0.15, 0.2) is 54.6 Å². The maximum Gasteiger partial charge on any atom is 0.119 e. The zero-order chi connectivity index (χ0) is 19.5. The highest BCUT2D eigenvalue weighted by molar-refractivity contribution is 5.28. The molecule has 0 aliphatic rings. The molecule has 148 valence electrons. The number of hydrogen-bond acceptors (Lipinski definition) is 4. The second-order valence-electron chi connectivity index (χ2n) is 7.42. The van der Waals surface area contributed by atoms with Gasteiger partial charge in [-0.25, -0.2) is 0 Å². The van der Waals surface area contributed by atoms with Gasteiger partial charge in [0.05, 0.1) is 26.4 Å². The first-order chi connectivity index (χ1) is 13.1. The fourth-order valence-corrected chi connectivity index (χ4v) is 2.94. The maximum absolute atomic E-state index is 10.5. The minimum atomic E-state index is -0.508. The highest BCUT2D eigenvalue weighted by Gasteiger charge is 2.14. The first-order valence-corrected chi connectivity index (χ1v) is 9.72. The largest absolute Gasteiger partial charge is 0.497 e. The van der Waals surface area contributed by atoms with Gasteiger partial charge < -0.3 is 14.6 Å². The zero-order valence-electron chi connectivity index (χ0n) is 16.8. The van der Waals surface area contributed by atoms with E-state index in [0.29, 0.717) is 25.7 Å². The van der Waals surface area contributed by atoms with E-state index in [1.807, 2.05) is 42.5 Å². The van der Waals surface area contributed by atoms with Crippen LogP contribution in [0.3, 0.4) is 0 Å². The average molecular weight is 372 g/mol. The summed E-state index contributed by atoms with van der Waals surface area (Å²) in [6, 6.07) is 18.2. The molecule has 27 heavy (non-hydrogen) atoms. The Kier molecular flexibility index (Phi) is 9.32. The van der Waals surface area contributed by atoms with E-state index < -0.39 is 6.10 Å². The molecule has 0 unspecified atom stereocenters. The summed E-state index contributed by atoms with van der Waals surface area (Å²) in [6.07, 6.45) is 0.591. The summed E-state index contributed by atoms with van der Waals surface area (Å²) in [4.78, 5) is 2.30. The molecular formula is C23H33NO3. The van der Waals surface area contributed by atoms with Gasteiger partial charge in [-0.3, -0.25) is 4.90 Å². The lowest BCUT2D eigenvalue weighted by atomic mass is 10.1. The molecule has 0 aromatic heterocycles. The number of aliphatic hydroxyl groups is 1. The first-order valence-electron chi connectivity index (χ1n) is 9.72. The number of rotatable bonds is 12. The van der Waals surface area contributed by atoms with E-state index in [2.05, 4.69) is 30.9 Å². The average Bonchev–Trinajstić information content (AvgIpc) is 2.67. The molecule has 0 saturated heterocycles. The van der Waals surface area contributed by atoms with E-state index in [4.69, 9.17) is 9.47 Å². The Balaban J connectivity index is 1.86. The minimum Gasteiger partial charge on any atom is -0.497 e. The molecule has 0 heterocycles. The monoisotopic (exact) mass is 371 g/mol. The minimum absolute atomic E-state index is 0.338. The van der Waals surface area contributed by atoms with Gasteiger partial charge in [-0.15, -0.1) is 0 Å². The second-order valence-corrected chi connectivity index (χ2v) is 7.42. The van der Waals surface area contributed by atoms with Crippen LogP contribution in [0.25, 0.3) is 0 Å². The second kappa shape index (κ2) is 11.8. The molecule has 2 aromatic rings. The molecular weight excluding hydrogens is 338 g/mol. The molecule has 0 saturated carbocycles. The molecule has 1 atom stereocenters. The van der Waals surface area contributed by atoms with Gasteiger partial charge in [-0.05, 0) is 42.1 Å². The molecule has 0 spiro atoms. The molecule has 0 amide bonds. The summed E-state index contributed by atoms with van der Waals surface area (Å²) in [6.45, 7) is 7.65. The van der Waals surface area contributed by atoms with Gasteiger partial charge in [-0.1, -0.05) is 56.3 Å². The van der Waals surface area contributed by atoms with E-state index in [-0.39, 0.29) is 0 Å². The van der Waals surface area contributed by atoms with Crippen LogP contribution < -0.4 is 4.74 Å². The van der Waals surface area contributed by atoms with E-state index in [9.17, 15) is 5.11 Å². The third-order valence-electron chi connectivity index (χ3n) is 4.45. The number of hydrogen-bond donors (Lipinski definition) is 1. The Morgan fingerprint density at radius 3 is 2.44 bits per heavy atom. The van der Waals surface area contributed by atoms with Crippen LogP contribution in [0.5, 0.6) is 5.75 Å². The molecule has 0 aliphatic heterocycles. The molecule has 0 fully saturated rings. The standard InChI is InChI=1S/C23H33NO3/c1-19(2)12-13-24(15-21-10-7-11-23(14-21)26-3)16-22(25)18-27-17-20-8-5-4-6-9-20/h4-11,14,19,22,25H,12-13,15-18H2,1-3H3/t22-/m1/s1. The van der Waals surface area contributed by atoms with E-state index in [1.165, 1.54) is 5.56 Å². The Morgan fingerprint density at radius 2 is 1.74 bits per heavy atom. The highest BCUT2D eigenvalue weighted by Crippen LogP contribution is 2.15. The van der Waals surface area contributed by atoms with Gasteiger partial charge in [0.15, 0.2) is 0 Å². The topological polar surface area (TPSA) is 41.9 Å². The van der Waals surface area contributed by atoms with Crippen molar-refractivity contribution in [1.29, 1.82) is 0 Å². The quantitative estimate of drug-likeness (QED) is 0.609. The fourth-order valence-electron chi connectivity index (χ4n) is 2.94. The van der Waals surface area contributed by atoms with E-state index in [0.717, 1.165) is 30.8 Å². The van der Waals surface area contributed by atoms with Crippen molar-refractivity contribution in [3.05, 3.63) is 65.7 Å². The van der Waals surface area contributed by atoms with Crippen LogP contribution in [0.1, 0.15) is 31.4 Å². The Hall–Kier alpha value is -1.88. The SMILES string of the molecule is COc1cccc(CN(CCC(C)C)C[C@@H](O)COCc2ccccc2)c1. The molecule has 4 nitrogen and oxygen atoms in total. The van der Waals surface area contributed by atoms with Crippen molar-refractivity contribution in [1.82, 2.24) is 4.90 Å². The summed E-state index contributed by atoms with van der Waals surface area (Å²) in [5.41, 5.74) is 2.31. The number of benzene rings is 2. The van der Waals surface area contributed by atoms with Crippen LogP contribution >= 0.6 is 0 Å². The molecule has 4 heteroatoms. The summed E-state index contributed by atoms with van der Waals surface area (Å²) < 4.78 is 11.0.